The van der Waals surface area contributed by atoms with Gasteiger partial charge in [-0.1, -0.05) is 41.5 Å². The van der Waals surface area contributed by atoms with Crippen molar-refractivity contribution in [1.82, 2.24) is 30.5 Å². The van der Waals surface area contributed by atoms with E-state index in [-0.39, 0.29) is 0 Å². The van der Waals surface area contributed by atoms with E-state index < -0.39 is 0 Å². The Morgan fingerprint density at radius 3 is 2.53 bits per heavy atom. The molecule has 0 radical (unpaired) electrons. The molecule has 4 aromatic rings. The molecule has 152 valence electrons. The summed E-state index contributed by atoms with van der Waals surface area (Å²) in [5, 5.41) is 15.1. The molecular weight excluding hydrogens is 380 g/mol. The van der Waals surface area contributed by atoms with Gasteiger partial charge in [-0.15, -0.1) is 0 Å². The molecule has 0 atom stereocenters. The Kier molecular flexibility index (Phi) is 6.59. The van der Waals surface area contributed by atoms with E-state index in [4.69, 9.17) is 9.47 Å². The van der Waals surface area contributed by atoms with Gasteiger partial charge in [0.1, 0.15) is 5.75 Å². The number of benzene rings is 2. The zero-order valence-electron chi connectivity index (χ0n) is 16.4. The number of hydrogen-bond acceptors (Lipinski definition) is 7. The maximum absolute atomic E-state index is 5.84. The van der Waals surface area contributed by atoms with E-state index in [1.165, 1.54) is 0 Å². The molecule has 30 heavy (non-hydrogen) atoms. The molecule has 1 N–H and O–H groups in total. The van der Waals surface area contributed by atoms with Gasteiger partial charge in [0, 0.05) is 18.8 Å². The highest BCUT2D eigenvalue weighted by atomic mass is 16.5. The van der Waals surface area contributed by atoms with Crippen LogP contribution in [0.1, 0.15) is 12.0 Å². The molecule has 8 nitrogen and oxygen atoms in total. The van der Waals surface area contributed by atoms with Gasteiger partial charge in [-0.3, -0.25) is 0 Å². The van der Waals surface area contributed by atoms with E-state index >= 15 is 0 Å². The van der Waals surface area contributed by atoms with Gasteiger partial charge in [0.25, 0.3) is 0 Å². The van der Waals surface area contributed by atoms with Crippen molar-refractivity contribution in [2.45, 2.75) is 13.0 Å². The van der Waals surface area contributed by atoms with Gasteiger partial charge < -0.3 is 14.8 Å². The topological polar surface area (TPSA) is 87.0 Å². The molecule has 0 saturated carbocycles. The first-order valence-electron chi connectivity index (χ1n) is 9.74. The van der Waals surface area contributed by atoms with Gasteiger partial charge in [0.05, 0.1) is 12.3 Å². The summed E-state index contributed by atoms with van der Waals surface area (Å²) in [6, 6.07) is 23.4. The summed E-state index contributed by atoms with van der Waals surface area (Å²) >= 11 is 0. The van der Waals surface area contributed by atoms with E-state index in [9.17, 15) is 0 Å². The van der Waals surface area contributed by atoms with Gasteiger partial charge >= 0.3 is 6.01 Å². The van der Waals surface area contributed by atoms with Crippen LogP contribution in [0.4, 0.5) is 0 Å². The number of para-hydroxylation sites is 1. The van der Waals surface area contributed by atoms with E-state index in [1.807, 2.05) is 72.8 Å². The van der Waals surface area contributed by atoms with Crippen LogP contribution in [-0.2, 0) is 6.54 Å². The third-order valence-corrected chi connectivity index (χ3v) is 4.29. The Balaban J connectivity index is 1.22. The molecule has 4 rings (SSSR count). The first-order chi connectivity index (χ1) is 14.9. The van der Waals surface area contributed by atoms with Gasteiger partial charge in [0.2, 0.25) is 5.88 Å². The molecule has 0 saturated heterocycles. The summed E-state index contributed by atoms with van der Waals surface area (Å²) < 4.78 is 13.0. The Morgan fingerprint density at radius 2 is 1.73 bits per heavy atom. The first kappa shape index (κ1) is 19.5. The lowest BCUT2D eigenvalue weighted by Gasteiger charge is -2.08. The zero-order valence-corrected chi connectivity index (χ0v) is 16.4. The molecule has 0 bridgehead atoms. The normalized spacial score (nSPS) is 10.7. The summed E-state index contributed by atoms with van der Waals surface area (Å²) in [6.45, 7) is 2.26. The van der Waals surface area contributed by atoms with Gasteiger partial charge in [-0.2, -0.15) is 4.68 Å². The number of nitrogens with zero attached hydrogens (tertiary/aromatic N) is 5. The van der Waals surface area contributed by atoms with Crippen molar-refractivity contribution < 1.29 is 9.47 Å². The van der Waals surface area contributed by atoms with Crippen molar-refractivity contribution in [3.05, 3.63) is 84.6 Å². The van der Waals surface area contributed by atoms with E-state index in [2.05, 4.69) is 25.8 Å². The van der Waals surface area contributed by atoms with Crippen LogP contribution in [0.5, 0.6) is 17.6 Å². The Bertz CT molecular complexity index is 1020. The lowest BCUT2D eigenvalue weighted by molar-refractivity contribution is 0.296. The van der Waals surface area contributed by atoms with Gasteiger partial charge in [0.15, 0.2) is 0 Å². The van der Waals surface area contributed by atoms with Crippen molar-refractivity contribution in [2.24, 2.45) is 0 Å². The molecule has 0 aliphatic heterocycles. The minimum Gasteiger partial charge on any atom is -0.478 e. The molecular formula is C22H22N6O2. The lowest BCUT2D eigenvalue weighted by Crippen LogP contribution is -2.17. The number of aromatic nitrogens is 5. The van der Waals surface area contributed by atoms with Gasteiger partial charge in [-0.05, 0) is 59.3 Å². The Hall–Kier alpha value is -3.78. The molecule has 0 amide bonds. The fourth-order valence-corrected chi connectivity index (χ4v) is 2.79. The first-order valence-corrected chi connectivity index (χ1v) is 9.74. The number of rotatable bonds is 10. The van der Waals surface area contributed by atoms with E-state index in [0.29, 0.717) is 24.2 Å². The Morgan fingerprint density at radius 1 is 0.900 bits per heavy atom. The van der Waals surface area contributed by atoms with Crippen LogP contribution < -0.4 is 14.8 Å². The monoisotopic (exact) mass is 402 g/mol. The van der Waals surface area contributed by atoms with Crippen LogP contribution in [-0.4, -0.2) is 38.3 Å². The number of nitrogens with one attached hydrogen (secondary N) is 1. The summed E-state index contributed by atoms with van der Waals surface area (Å²) in [7, 11) is 0. The fourth-order valence-electron chi connectivity index (χ4n) is 2.79. The molecule has 0 unspecified atom stereocenters. The van der Waals surface area contributed by atoms with Crippen molar-refractivity contribution in [1.29, 1.82) is 0 Å². The number of ether oxygens (including phenoxy) is 2. The van der Waals surface area contributed by atoms with Crippen molar-refractivity contribution in [3.8, 4) is 23.3 Å². The second kappa shape index (κ2) is 10.1. The summed E-state index contributed by atoms with van der Waals surface area (Å²) in [5.74, 6) is 1.33. The second-order valence-electron chi connectivity index (χ2n) is 6.50. The molecule has 0 aliphatic carbocycles. The fraction of sp³-hybridized carbons (Fsp3) is 0.182. The highest BCUT2D eigenvalue weighted by Crippen LogP contribution is 2.21. The van der Waals surface area contributed by atoms with Crippen molar-refractivity contribution in [2.75, 3.05) is 13.2 Å². The van der Waals surface area contributed by atoms with Crippen LogP contribution in [0.3, 0.4) is 0 Å². The van der Waals surface area contributed by atoms with Crippen molar-refractivity contribution >= 4 is 0 Å². The predicted octanol–water partition coefficient (Wildman–Crippen LogP) is 3.41. The molecule has 0 aliphatic rings. The molecule has 2 aromatic heterocycles. The third kappa shape index (κ3) is 5.39. The van der Waals surface area contributed by atoms with Crippen LogP contribution in [0.2, 0.25) is 0 Å². The highest BCUT2D eigenvalue weighted by molar-refractivity contribution is 5.34. The van der Waals surface area contributed by atoms with Gasteiger partial charge in [-0.25, -0.2) is 4.98 Å². The standard InChI is InChI=1S/C22H22N6O2/c1-2-7-19(8-3-1)28-22(25-26-27-28)30-20-12-10-18(11-13-20)17-23-14-6-16-29-21-9-4-5-15-24-21/h1-5,7-13,15,23H,6,14,16-17H2. The van der Waals surface area contributed by atoms with E-state index in [1.54, 1.807) is 10.9 Å². The molecule has 2 heterocycles. The smallest absolute Gasteiger partial charge is 0.345 e. The zero-order chi connectivity index (χ0) is 20.4. The number of tetrazole rings is 1. The third-order valence-electron chi connectivity index (χ3n) is 4.29. The minimum absolute atomic E-state index is 0.319. The highest BCUT2D eigenvalue weighted by Gasteiger charge is 2.10. The van der Waals surface area contributed by atoms with Crippen LogP contribution >= 0.6 is 0 Å². The number of pyridine rings is 1. The quantitative estimate of drug-likeness (QED) is 0.407. The summed E-state index contributed by atoms with van der Waals surface area (Å²) in [4.78, 5) is 4.13. The molecule has 8 heteroatoms. The Labute approximate surface area is 174 Å². The summed E-state index contributed by atoms with van der Waals surface area (Å²) in [5.41, 5.74) is 2.00. The molecule has 0 fully saturated rings. The van der Waals surface area contributed by atoms with Crippen LogP contribution in [0.15, 0.2) is 79.0 Å². The minimum atomic E-state index is 0.319. The number of hydrogen-bond donors (Lipinski definition) is 1. The summed E-state index contributed by atoms with van der Waals surface area (Å²) in [6.07, 6.45) is 2.63. The maximum Gasteiger partial charge on any atom is 0.345 e. The maximum atomic E-state index is 5.84. The average Bonchev–Trinajstić information content (AvgIpc) is 3.27. The molecule has 0 spiro atoms. The lowest BCUT2D eigenvalue weighted by atomic mass is 10.2. The largest absolute Gasteiger partial charge is 0.478 e. The average molecular weight is 402 g/mol. The van der Waals surface area contributed by atoms with E-state index in [0.717, 1.165) is 30.8 Å². The second-order valence-corrected chi connectivity index (χ2v) is 6.50. The van der Waals surface area contributed by atoms with Crippen LogP contribution in [0, 0.1) is 0 Å². The predicted molar refractivity (Wildman–Crippen MR) is 112 cm³/mol. The SMILES string of the molecule is c1ccc(-n2nnnc2Oc2ccc(CNCCCOc3ccccn3)cc2)cc1. The molecule has 2 aromatic carbocycles. The van der Waals surface area contributed by atoms with Crippen molar-refractivity contribution in [3.63, 3.8) is 0 Å². The van der Waals surface area contributed by atoms with Crippen LogP contribution in [0.25, 0.3) is 5.69 Å².